The van der Waals surface area contributed by atoms with Crippen LogP contribution in [0.1, 0.15) is 19.4 Å². The number of ketones is 1. The molecule has 0 saturated heterocycles. The molecule has 1 aliphatic rings. The molecule has 0 heterocycles. The van der Waals surface area contributed by atoms with E-state index in [9.17, 15) is 4.79 Å². The largest absolute Gasteiger partial charge is 0.293 e. The van der Waals surface area contributed by atoms with Crippen molar-refractivity contribution in [3.63, 3.8) is 0 Å². The Morgan fingerprint density at radius 3 is 2.62 bits per heavy atom. The third kappa shape index (κ3) is 2.13. The van der Waals surface area contributed by atoms with E-state index in [0.717, 1.165) is 6.42 Å². The number of rotatable bonds is 2. The van der Waals surface area contributed by atoms with Crippen molar-refractivity contribution in [2.75, 3.05) is 0 Å². The lowest BCUT2D eigenvalue weighted by molar-refractivity contribution is -0.117. The fourth-order valence-corrected chi connectivity index (χ4v) is 2.01. The Morgan fingerprint density at radius 1 is 1.25 bits per heavy atom. The van der Waals surface area contributed by atoms with Gasteiger partial charge in [-0.05, 0) is 25.0 Å². The summed E-state index contributed by atoms with van der Waals surface area (Å²) in [7, 11) is 0. The highest BCUT2D eigenvalue weighted by Crippen LogP contribution is 2.25. The van der Waals surface area contributed by atoms with Crippen molar-refractivity contribution >= 4 is 5.78 Å². The lowest BCUT2D eigenvalue weighted by Gasteiger charge is -2.19. The van der Waals surface area contributed by atoms with Crippen LogP contribution in [-0.2, 0) is 11.2 Å². The normalized spacial score (nSPS) is 20.4. The number of hydrogen-bond acceptors (Lipinski definition) is 1. The minimum atomic E-state index is -0.0230. The van der Waals surface area contributed by atoms with Gasteiger partial charge in [0.15, 0.2) is 5.78 Å². The number of hydrogen-bond donors (Lipinski definition) is 0. The summed E-state index contributed by atoms with van der Waals surface area (Å²) >= 11 is 0. The second-order valence-corrected chi connectivity index (χ2v) is 4.25. The van der Waals surface area contributed by atoms with E-state index in [4.69, 9.17) is 0 Å². The van der Waals surface area contributed by atoms with E-state index in [2.05, 4.69) is 18.2 Å². The van der Waals surface area contributed by atoms with Crippen molar-refractivity contribution in [1.29, 1.82) is 0 Å². The zero-order valence-electron chi connectivity index (χ0n) is 9.66. The van der Waals surface area contributed by atoms with Gasteiger partial charge >= 0.3 is 0 Å². The molecule has 0 amide bonds. The molecule has 2 rings (SSSR count). The van der Waals surface area contributed by atoms with Gasteiger partial charge in [-0.25, -0.2) is 0 Å². The fourth-order valence-electron chi connectivity index (χ4n) is 2.01. The van der Waals surface area contributed by atoms with E-state index in [1.165, 1.54) is 16.7 Å². The first kappa shape index (κ1) is 10.9. The highest BCUT2D eigenvalue weighted by molar-refractivity contribution is 5.92. The van der Waals surface area contributed by atoms with Crippen LogP contribution in [0.5, 0.6) is 0 Å². The molecule has 1 aromatic carbocycles. The first-order valence-electron chi connectivity index (χ1n) is 5.55. The summed E-state index contributed by atoms with van der Waals surface area (Å²) < 4.78 is 0. The summed E-state index contributed by atoms with van der Waals surface area (Å²) in [5.41, 5.74) is 3.65. The molecule has 0 spiro atoms. The first-order chi connectivity index (χ1) is 7.68. The van der Waals surface area contributed by atoms with Gasteiger partial charge in [0.25, 0.3) is 0 Å². The molecule has 16 heavy (non-hydrogen) atoms. The third-order valence-electron chi connectivity index (χ3n) is 3.09. The average molecular weight is 211 g/mol. The summed E-state index contributed by atoms with van der Waals surface area (Å²) in [5.74, 6) is 0.0711. The number of carbonyl (C=O) groups is 1. The van der Waals surface area contributed by atoms with Crippen LogP contribution in [0.25, 0.3) is 0 Å². The van der Waals surface area contributed by atoms with Crippen molar-refractivity contribution in [2.24, 2.45) is 5.92 Å². The van der Waals surface area contributed by atoms with Crippen molar-refractivity contribution in [3.8, 4) is 0 Å². The van der Waals surface area contributed by atoms with Crippen molar-refractivity contribution in [2.45, 2.75) is 20.3 Å². The topological polar surface area (TPSA) is 17.1 Å². The molecule has 0 aromatic heterocycles. The molecule has 0 fully saturated rings. The van der Waals surface area contributed by atoms with E-state index in [1.54, 1.807) is 6.08 Å². The lowest BCUT2D eigenvalue weighted by atomic mass is 9.84. The Morgan fingerprint density at radius 2 is 1.94 bits per heavy atom. The van der Waals surface area contributed by atoms with Crippen LogP contribution in [0.2, 0.25) is 0 Å². The summed E-state index contributed by atoms with van der Waals surface area (Å²) in [4.78, 5) is 11.6. The summed E-state index contributed by atoms with van der Waals surface area (Å²) in [5, 5.41) is 0. The van der Waals surface area contributed by atoms with Crippen molar-refractivity contribution < 1.29 is 4.79 Å². The van der Waals surface area contributed by atoms with Crippen LogP contribution in [0.4, 0.5) is 0 Å². The number of benzene rings is 1. The van der Waals surface area contributed by atoms with Crippen LogP contribution >= 0.6 is 0 Å². The average Bonchev–Trinajstić information content (AvgIpc) is 2.31. The van der Waals surface area contributed by atoms with Crippen LogP contribution in [0, 0.1) is 12.0 Å². The molecule has 0 N–H and O–H groups in total. The Hall–Kier alpha value is -1.63. The molecule has 1 atom stereocenters. The highest BCUT2D eigenvalue weighted by Gasteiger charge is 2.21. The van der Waals surface area contributed by atoms with E-state index >= 15 is 0 Å². The standard InChI is InChI=1S/C15H15O/c1-11-8-9-15(16)12(2)14(11)10-13-6-4-3-5-7-13/h3-8,12H,10H2,1-2H3. The molecule has 1 heteroatoms. The van der Waals surface area contributed by atoms with E-state index in [-0.39, 0.29) is 11.7 Å². The minimum absolute atomic E-state index is 0.0230. The quantitative estimate of drug-likeness (QED) is 0.734. The van der Waals surface area contributed by atoms with Crippen LogP contribution < -0.4 is 0 Å². The monoisotopic (exact) mass is 211 g/mol. The summed E-state index contributed by atoms with van der Waals surface area (Å²) in [6.07, 6.45) is 5.44. The van der Waals surface area contributed by atoms with E-state index in [1.807, 2.05) is 32.0 Å². The predicted molar refractivity (Wildman–Crippen MR) is 64.8 cm³/mol. The molecule has 81 valence electrons. The zero-order chi connectivity index (χ0) is 11.5. The highest BCUT2D eigenvalue weighted by atomic mass is 16.1. The first-order valence-corrected chi connectivity index (χ1v) is 5.55. The van der Waals surface area contributed by atoms with Gasteiger partial charge < -0.3 is 0 Å². The Balaban J connectivity index is 2.27. The molecule has 1 aromatic rings. The number of allylic oxidation sites excluding steroid dienone is 4. The number of carbonyl (C=O) groups excluding carboxylic acids is 1. The lowest BCUT2D eigenvalue weighted by Crippen LogP contribution is -2.17. The van der Waals surface area contributed by atoms with Gasteiger partial charge in [0.1, 0.15) is 0 Å². The molecule has 1 unspecified atom stereocenters. The third-order valence-corrected chi connectivity index (χ3v) is 3.09. The second kappa shape index (κ2) is 4.48. The minimum Gasteiger partial charge on any atom is -0.293 e. The van der Waals surface area contributed by atoms with Gasteiger partial charge in [-0.1, -0.05) is 48.4 Å². The molecular formula is C15H15O. The number of Topliss-reactive ketones (excluding diaryl/α,β-unsaturated/α-hetero) is 1. The second-order valence-electron chi connectivity index (χ2n) is 4.25. The van der Waals surface area contributed by atoms with Gasteiger partial charge in [-0.2, -0.15) is 0 Å². The maximum absolute atomic E-state index is 11.6. The molecule has 1 nitrogen and oxygen atoms in total. The summed E-state index contributed by atoms with van der Waals surface area (Å²) in [6.45, 7) is 4.01. The molecular weight excluding hydrogens is 196 g/mol. The fraction of sp³-hybridized carbons (Fsp3) is 0.267. The van der Waals surface area contributed by atoms with E-state index in [0.29, 0.717) is 0 Å². The van der Waals surface area contributed by atoms with Crippen LogP contribution in [0.15, 0.2) is 47.6 Å². The molecule has 0 aliphatic heterocycles. The van der Waals surface area contributed by atoms with Gasteiger partial charge in [-0.15, -0.1) is 0 Å². The zero-order valence-corrected chi connectivity index (χ0v) is 9.66. The van der Waals surface area contributed by atoms with Crippen molar-refractivity contribution in [1.82, 2.24) is 0 Å². The molecule has 1 aliphatic carbocycles. The van der Waals surface area contributed by atoms with Gasteiger partial charge in [0, 0.05) is 12.0 Å². The molecule has 0 bridgehead atoms. The predicted octanol–water partition coefficient (Wildman–Crippen LogP) is 3.12. The van der Waals surface area contributed by atoms with Gasteiger partial charge in [0.05, 0.1) is 0 Å². The van der Waals surface area contributed by atoms with Gasteiger partial charge in [-0.3, -0.25) is 4.79 Å². The molecule has 0 saturated carbocycles. The Kier molecular flexibility index (Phi) is 3.04. The smallest absolute Gasteiger partial charge is 0.170 e. The molecule has 1 radical (unpaired) electrons. The Labute approximate surface area is 96.5 Å². The summed E-state index contributed by atoms with van der Waals surface area (Å²) in [6, 6.07) is 10.3. The van der Waals surface area contributed by atoms with Gasteiger partial charge in [0.2, 0.25) is 0 Å². The SMILES string of the molecule is CC1=C(Cc2ccccc2)C(C)C(=O)[C]=C1. The maximum atomic E-state index is 11.6. The van der Waals surface area contributed by atoms with Crippen molar-refractivity contribution in [3.05, 3.63) is 59.2 Å². The van der Waals surface area contributed by atoms with Crippen LogP contribution in [0.3, 0.4) is 0 Å². The van der Waals surface area contributed by atoms with E-state index < -0.39 is 0 Å². The van der Waals surface area contributed by atoms with Crippen LogP contribution in [-0.4, -0.2) is 5.78 Å². The maximum Gasteiger partial charge on any atom is 0.170 e. The Bertz CT molecular complexity index is 452.